The SMILES string of the molecule is Cn1c(C(c2ccco2)N2CCNCC2)nc2ccccc21. The van der Waals surface area contributed by atoms with Gasteiger partial charge in [0, 0.05) is 33.2 Å². The number of aryl methyl sites for hydroxylation is 1. The maximum atomic E-state index is 5.74. The molecule has 5 nitrogen and oxygen atoms in total. The minimum Gasteiger partial charge on any atom is -0.467 e. The van der Waals surface area contributed by atoms with Crippen molar-refractivity contribution >= 4 is 11.0 Å². The van der Waals surface area contributed by atoms with Gasteiger partial charge in [-0.25, -0.2) is 4.98 Å². The second-order valence-corrected chi connectivity index (χ2v) is 5.72. The van der Waals surface area contributed by atoms with Crippen LogP contribution in [0.2, 0.25) is 0 Å². The van der Waals surface area contributed by atoms with E-state index in [-0.39, 0.29) is 6.04 Å². The first-order valence-electron chi connectivity index (χ1n) is 7.74. The molecule has 114 valence electrons. The molecule has 4 rings (SSSR count). The van der Waals surface area contributed by atoms with Crippen LogP contribution in [0.4, 0.5) is 0 Å². The lowest BCUT2D eigenvalue weighted by Crippen LogP contribution is -2.45. The van der Waals surface area contributed by atoms with Gasteiger partial charge in [0.25, 0.3) is 0 Å². The first-order chi connectivity index (χ1) is 10.8. The van der Waals surface area contributed by atoms with E-state index >= 15 is 0 Å². The van der Waals surface area contributed by atoms with E-state index in [1.807, 2.05) is 18.2 Å². The number of piperazine rings is 1. The van der Waals surface area contributed by atoms with Crippen LogP contribution in [0, 0.1) is 0 Å². The first kappa shape index (κ1) is 13.5. The Kier molecular flexibility index (Phi) is 3.44. The minimum atomic E-state index is 0.0644. The monoisotopic (exact) mass is 296 g/mol. The molecule has 3 aromatic rings. The van der Waals surface area contributed by atoms with Gasteiger partial charge in [0.15, 0.2) is 0 Å². The summed E-state index contributed by atoms with van der Waals surface area (Å²) >= 11 is 0. The molecule has 1 fully saturated rings. The highest BCUT2D eigenvalue weighted by Gasteiger charge is 2.30. The Hall–Kier alpha value is -2.11. The maximum Gasteiger partial charge on any atom is 0.134 e. The summed E-state index contributed by atoms with van der Waals surface area (Å²) < 4.78 is 7.92. The van der Waals surface area contributed by atoms with Gasteiger partial charge in [-0.3, -0.25) is 4.90 Å². The number of nitrogens with one attached hydrogen (secondary N) is 1. The summed E-state index contributed by atoms with van der Waals surface area (Å²) in [6.45, 7) is 3.99. The molecule has 1 atom stereocenters. The van der Waals surface area contributed by atoms with Crippen LogP contribution in [0.3, 0.4) is 0 Å². The molecule has 5 heteroatoms. The number of fused-ring (bicyclic) bond motifs is 1. The average Bonchev–Trinajstić information content (AvgIpc) is 3.19. The van der Waals surface area contributed by atoms with Gasteiger partial charge in [0.2, 0.25) is 0 Å². The van der Waals surface area contributed by atoms with E-state index < -0.39 is 0 Å². The van der Waals surface area contributed by atoms with Crippen LogP contribution in [0.25, 0.3) is 11.0 Å². The van der Waals surface area contributed by atoms with Gasteiger partial charge in [-0.1, -0.05) is 12.1 Å². The molecular weight excluding hydrogens is 276 g/mol. The van der Waals surface area contributed by atoms with E-state index in [0.717, 1.165) is 48.8 Å². The quantitative estimate of drug-likeness (QED) is 0.804. The van der Waals surface area contributed by atoms with Crippen molar-refractivity contribution in [2.24, 2.45) is 7.05 Å². The summed E-state index contributed by atoms with van der Waals surface area (Å²) in [6, 6.07) is 12.3. The number of rotatable bonds is 3. The molecule has 0 radical (unpaired) electrons. The molecule has 1 aliphatic rings. The zero-order valence-corrected chi connectivity index (χ0v) is 12.7. The molecule has 1 unspecified atom stereocenters. The zero-order chi connectivity index (χ0) is 14.9. The van der Waals surface area contributed by atoms with Gasteiger partial charge >= 0.3 is 0 Å². The lowest BCUT2D eigenvalue weighted by atomic mass is 10.1. The van der Waals surface area contributed by atoms with Crippen molar-refractivity contribution in [3.05, 3.63) is 54.2 Å². The lowest BCUT2D eigenvalue weighted by molar-refractivity contribution is 0.172. The molecule has 1 N–H and O–H groups in total. The highest BCUT2D eigenvalue weighted by atomic mass is 16.3. The second-order valence-electron chi connectivity index (χ2n) is 5.72. The molecule has 2 aromatic heterocycles. The fraction of sp³-hybridized carbons (Fsp3) is 0.353. The Morgan fingerprint density at radius 2 is 1.95 bits per heavy atom. The van der Waals surface area contributed by atoms with Crippen molar-refractivity contribution in [1.29, 1.82) is 0 Å². The number of nitrogens with zero attached hydrogens (tertiary/aromatic N) is 3. The number of furan rings is 1. The minimum absolute atomic E-state index is 0.0644. The van der Waals surface area contributed by atoms with Crippen LogP contribution < -0.4 is 5.32 Å². The van der Waals surface area contributed by atoms with Gasteiger partial charge in [-0.2, -0.15) is 0 Å². The summed E-state index contributed by atoms with van der Waals surface area (Å²) in [7, 11) is 2.09. The van der Waals surface area contributed by atoms with Crippen LogP contribution in [-0.2, 0) is 7.05 Å². The lowest BCUT2D eigenvalue weighted by Gasteiger charge is -2.33. The average molecular weight is 296 g/mol. The molecule has 0 aliphatic carbocycles. The topological polar surface area (TPSA) is 46.2 Å². The number of benzene rings is 1. The molecular formula is C17H20N4O. The number of para-hydroxylation sites is 2. The van der Waals surface area contributed by atoms with E-state index in [2.05, 4.69) is 40.0 Å². The van der Waals surface area contributed by atoms with Gasteiger partial charge < -0.3 is 14.3 Å². The van der Waals surface area contributed by atoms with Crippen molar-refractivity contribution < 1.29 is 4.42 Å². The van der Waals surface area contributed by atoms with Crippen molar-refractivity contribution in [3.63, 3.8) is 0 Å². The third-order valence-electron chi connectivity index (χ3n) is 4.40. The normalized spacial score (nSPS) is 17.9. The van der Waals surface area contributed by atoms with Crippen LogP contribution in [0.1, 0.15) is 17.6 Å². The third kappa shape index (κ3) is 2.23. The first-order valence-corrected chi connectivity index (χ1v) is 7.74. The van der Waals surface area contributed by atoms with Crippen molar-refractivity contribution in [1.82, 2.24) is 19.8 Å². The Morgan fingerprint density at radius 1 is 1.14 bits per heavy atom. The molecule has 0 bridgehead atoms. The van der Waals surface area contributed by atoms with Crippen molar-refractivity contribution in [3.8, 4) is 0 Å². The van der Waals surface area contributed by atoms with E-state index in [9.17, 15) is 0 Å². The summed E-state index contributed by atoms with van der Waals surface area (Å²) in [4.78, 5) is 7.33. The van der Waals surface area contributed by atoms with E-state index in [4.69, 9.17) is 9.40 Å². The highest BCUT2D eigenvalue weighted by Crippen LogP contribution is 2.30. The highest BCUT2D eigenvalue weighted by molar-refractivity contribution is 5.76. The van der Waals surface area contributed by atoms with Gasteiger partial charge in [0.05, 0.1) is 17.3 Å². The van der Waals surface area contributed by atoms with Gasteiger partial charge in [0.1, 0.15) is 17.6 Å². The molecule has 0 saturated carbocycles. The zero-order valence-electron chi connectivity index (χ0n) is 12.7. The number of aromatic nitrogens is 2. The molecule has 1 aromatic carbocycles. The van der Waals surface area contributed by atoms with Crippen LogP contribution in [0.15, 0.2) is 47.1 Å². The fourth-order valence-electron chi connectivity index (χ4n) is 3.27. The molecule has 1 aliphatic heterocycles. The number of hydrogen-bond donors (Lipinski definition) is 1. The van der Waals surface area contributed by atoms with Crippen LogP contribution in [0.5, 0.6) is 0 Å². The van der Waals surface area contributed by atoms with E-state index in [0.29, 0.717) is 0 Å². The van der Waals surface area contributed by atoms with E-state index in [1.54, 1.807) is 6.26 Å². The van der Waals surface area contributed by atoms with Crippen LogP contribution in [-0.4, -0.2) is 40.6 Å². The van der Waals surface area contributed by atoms with Crippen molar-refractivity contribution in [2.75, 3.05) is 26.2 Å². The number of imidazole rings is 1. The summed E-state index contributed by atoms with van der Waals surface area (Å²) in [5.41, 5.74) is 2.19. The standard InChI is InChI=1S/C17H20N4O/c1-20-14-6-3-2-5-13(14)19-17(20)16(15-7-4-12-22-15)21-10-8-18-9-11-21/h2-7,12,16,18H,8-11H2,1H3. The molecule has 3 heterocycles. The maximum absolute atomic E-state index is 5.74. The fourth-order valence-corrected chi connectivity index (χ4v) is 3.27. The summed E-state index contributed by atoms with van der Waals surface area (Å²) in [6.07, 6.45) is 1.74. The Morgan fingerprint density at radius 3 is 2.68 bits per heavy atom. The summed E-state index contributed by atoms with van der Waals surface area (Å²) in [5, 5.41) is 3.41. The third-order valence-corrected chi connectivity index (χ3v) is 4.40. The van der Waals surface area contributed by atoms with Crippen LogP contribution >= 0.6 is 0 Å². The molecule has 1 saturated heterocycles. The Labute approximate surface area is 129 Å². The second kappa shape index (κ2) is 5.59. The number of hydrogen-bond acceptors (Lipinski definition) is 4. The smallest absolute Gasteiger partial charge is 0.134 e. The Bertz CT molecular complexity index is 756. The van der Waals surface area contributed by atoms with Crippen molar-refractivity contribution in [2.45, 2.75) is 6.04 Å². The molecule has 0 spiro atoms. The van der Waals surface area contributed by atoms with Gasteiger partial charge in [-0.15, -0.1) is 0 Å². The van der Waals surface area contributed by atoms with E-state index in [1.165, 1.54) is 0 Å². The molecule has 0 amide bonds. The molecule has 22 heavy (non-hydrogen) atoms. The Balaban J connectivity index is 1.83. The largest absolute Gasteiger partial charge is 0.467 e. The summed E-state index contributed by atoms with van der Waals surface area (Å²) in [5.74, 6) is 2.00. The predicted octanol–water partition coefficient (Wildman–Crippen LogP) is 2.16. The van der Waals surface area contributed by atoms with Gasteiger partial charge in [-0.05, 0) is 24.3 Å². The predicted molar refractivity (Wildman–Crippen MR) is 85.7 cm³/mol.